The van der Waals surface area contributed by atoms with E-state index in [0.29, 0.717) is 5.69 Å². The fourth-order valence-electron chi connectivity index (χ4n) is 3.76. The number of likely N-dealkylation sites (tertiary alicyclic amines) is 1. The lowest BCUT2D eigenvalue weighted by Crippen LogP contribution is -2.36. The fourth-order valence-corrected chi connectivity index (χ4v) is 3.76. The second kappa shape index (κ2) is 6.67. The lowest BCUT2D eigenvalue weighted by Gasteiger charge is -2.24. The summed E-state index contributed by atoms with van der Waals surface area (Å²) in [5, 5.41) is 8.15. The van der Waals surface area contributed by atoms with Crippen LogP contribution in [0, 0.1) is 6.92 Å². The molecule has 0 bridgehead atoms. The van der Waals surface area contributed by atoms with Crippen LogP contribution in [0.1, 0.15) is 41.0 Å². The van der Waals surface area contributed by atoms with Gasteiger partial charge in [0.1, 0.15) is 0 Å². The predicted octanol–water partition coefficient (Wildman–Crippen LogP) is 3.50. The molecule has 1 saturated heterocycles. The van der Waals surface area contributed by atoms with Crippen molar-refractivity contribution in [3.8, 4) is 0 Å². The zero-order valence-electron chi connectivity index (χ0n) is 14.4. The molecule has 1 aromatic carbocycles. The monoisotopic (exact) mass is 334 g/mol. The maximum Gasteiger partial charge on any atom is 0.275 e. The van der Waals surface area contributed by atoms with Crippen LogP contribution < -0.4 is 0 Å². The van der Waals surface area contributed by atoms with Gasteiger partial charge in [-0.2, -0.15) is 5.10 Å². The van der Waals surface area contributed by atoms with Gasteiger partial charge in [-0.3, -0.25) is 14.9 Å². The van der Waals surface area contributed by atoms with Crippen LogP contribution in [0.25, 0.3) is 10.9 Å². The number of benzene rings is 1. The molecule has 0 saturated carbocycles. The number of H-pyrrole nitrogens is 1. The number of rotatable bonds is 4. The molecule has 5 heteroatoms. The Morgan fingerprint density at radius 1 is 1.32 bits per heavy atom. The molecule has 1 N–H and O–H groups in total. The summed E-state index contributed by atoms with van der Waals surface area (Å²) in [5.74, 6) is 0.0471. The molecule has 1 atom stereocenters. The smallest absolute Gasteiger partial charge is 0.275 e. The Labute approximate surface area is 147 Å². The van der Waals surface area contributed by atoms with E-state index in [-0.39, 0.29) is 11.9 Å². The number of nitrogens with one attached hydrogen (secondary N) is 1. The van der Waals surface area contributed by atoms with Gasteiger partial charge in [0.2, 0.25) is 0 Å². The summed E-state index contributed by atoms with van der Waals surface area (Å²) in [5.41, 5.74) is 3.79. The first-order valence-electron chi connectivity index (χ1n) is 8.88. The zero-order valence-corrected chi connectivity index (χ0v) is 14.4. The van der Waals surface area contributed by atoms with Gasteiger partial charge in [-0.05, 0) is 56.4 Å². The summed E-state index contributed by atoms with van der Waals surface area (Å²) in [4.78, 5) is 19.3. The van der Waals surface area contributed by atoms with Crippen LogP contribution in [-0.2, 0) is 6.42 Å². The van der Waals surface area contributed by atoms with Gasteiger partial charge < -0.3 is 4.90 Å². The van der Waals surface area contributed by atoms with E-state index in [0.717, 1.165) is 48.8 Å². The van der Waals surface area contributed by atoms with Gasteiger partial charge in [0.15, 0.2) is 5.69 Å². The molecular weight excluding hydrogens is 312 g/mol. The number of aromatic amines is 1. The molecule has 2 aromatic heterocycles. The summed E-state index contributed by atoms with van der Waals surface area (Å²) < 4.78 is 0. The molecule has 1 aliphatic heterocycles. The summed E-state index contributed by atoms with van der Waals surface area (Å²) in [6.07, 6.45) is 5.95. The summed E-state index contributed by atoms with van der Waals surface area (Å²) in [6.45, 7) is 2.83. The van der Waals surface area contributed by atoms with Crippen LogP contribution in [0.5, 0.6) is 0 Å². The molecule has 5 nitrogen and oxygen atoms in total. The summed E-state index contributed by atoms with van der Waals surface area (Å²) in [7, 11) is 0. The zero-order chi connectivity index (χ0) is 17.2. The van der Waals surface area contributed by atoms with Crippen LogP contribution in [0.3, 0.4) is 0 Å². The molecule has 0 spiro atoms. The van der Waals surface area contributed by atoms with Gasteiger partial charge >= 0.3 is 0 Å². The Bertz CT molecular complexity index is 901. The van der Waals surface area contributed by atoms with E-state index in [1.807, 2.05) is 42.3 Å². The highest BCUT2D eigenvalue weighted by atomic mass is 16.2. The molecule has 0 radical (unpaired) electrons. The van der Waals surface area contributed by atoms with Crippen molar-refractivity contribution in [2.45, 2.75) is 38.6 Å². The molecule has 1 fully saturated rings. The maximum absolute atomic E-state index is 13.0. The molecule has 128 valence electrons. The third-order valence-electron chi connectivity index (χ3n) is 5.04. The molecule has 25 heavy (non-hydrogen) atoms. The molecule has 1 aliphatic rings. The number of aromatic nitrogens is 3. The van der Waals surface area contributed by atoms with E-state index >= 15 is 0 Å². The van der Waals surface area contributed by atoms with Crippen molar-refractivity contribution < 1.29 is 4.79 Å². The predicted molar refractivity (Wildman–Crippen MR) is 97.4 cm³/mol. The molecule has 0 unspecified atom stereocenters. The highest BCUT2D eigenvalue weighted by Gasteiger charge is 2.31. The first-order valence-corrected chi connectivity index (χ1v) is 8.88. The fraction of sp³-hybridized carbons (Fsp3) is 0.350. The number of hydrogen-bond donors (Lipinski definition) is 1. The molecule has 1 amide bonds. The van der Waals surface area contributed by atoms with Gasteiger partial charge in [-0.25, -0.2) is 0 Å². The van der Waals surface area contributed by atoms with Crippen LogP contribution in [-0.4, -0.2) is 38.6 Å². The molecule has 0 aliphatic carbocycles. The number of amides is 1. The Morgan fingerprint density at radius 2 is 2.20 bits per heavy atom. The lowest BCUT2D eigenvalue weighted by molar-refractivity contribution is 0.0726. The van der Waals surface area contributed by atoms with Crippen molar-refractivity contribution in [1.29, 1.82) is 0 Å². The second-order valence-corrected chi connectivity index (χ2v) is 6.76. The minimum absolute atomic E-state index is 0.0471. The van der Waals surface area contributed by atoms with Crippen LogP contribution in [0.15, 0.2) is 42.6 Å². The van der Waals surface area contributed by atoms with Crippen molar-refractivity contribution in [1.82, 2.24) is 20.1 Å². The van der Waals surface area contributed by atoms with Crippen LogP contribution in [0.2, 0.25) is 0 Å². The van der Waals surface area contributed by atoms with E-state index < -0.39 is 0 Å². The first-order chi connectivity index (χ1) is 12.2. The molecule has 3 heterocycles. The second-order valence-electron chi connectivity index (χ2n) is 6.76. The van der Waals surface area contributed by atoms with Gasteiger partial charge in [0.25, 0.3) is 5.91 Å². The topological polar surface area (TPSA) is 61.9 Å². The number of nitrogens with zero attached hydrogens (tertiary/aromatic N) is 3. The average Bonchev–Trinajstić information content (AvgIpc) is 3.26. The van der Waals surface area contributed by atoms with Gasteiger partial charge in [0, 0.05) is 29.9 Å². The lowest BCUT2D eigenvalue weighted by atomic mass is 10.0. The summed E-state index contributed by atoms with van der Waals surface area (Å²) in [6, 6.07) is 12.3. The number of para-hydroxylation sites is 1. The largest absolute Gasteiger partial charge is 0.334 e. The van der Waals surface area contributed by atoms with Crippen molar-refractivity contribution in [2.75, 3.05) is 6.54 Å². The Balaban J connectivity index is 1.50. The standard InChI is InChI=1S/C20H22N4O/c1-14-13-15(10-11-21-14)8-9-16-5-4-12-24(16)20(25)19-17-6-2-3-7-18(17)22-23-19/h2-3,6-7,10-11,13,16H,4-5,8-9,12H2,1H3,(H,22,23)/t16-/m0/s1. The SMILES string of the molecule is Cc1cc(CC[C@@H]2CCCN2C(=O)c2n[nH]c3ccccc23)ccn1. The molecular formula is C20H22N4O. The number of hydrogen-bond acceptors (Lipinski definition) is 3. The van der Waals surface area contributed by atoms with Crippen molar-refractivity contribution in [2.24, 2.45) is 0 Å². The third kappa shape index (κ3) is 3.14. The van der Waals surface area contributed by atoms with Gasteiger partial charge in [-0.15, -0.1) is 0 Å². The number of fused-ring (bicyclic) bond motifs is 1. The Morgan fingerprint density at radius 3 is 3.08 bits per heavy atom. The van der Waals surface area contributed by atoms with E-state index in [4.69, 9.17) is 0 Å². The third-order valence-corrected chi connectivity index (χ3v) is 5.04. The average molecular weight is 334 g/mol. The highest BCUT2D eigenvalue weighted by Crippen LogP contribution is 2.26. The number of pyridine rings is 1. The van der Waals surface area contributed by atoms with Crippen LogP contribution in [0.4, 0.5) is 0 Å². The molecule has 4 rings (SSSR count). The minimum Gasteiger partial charge on any atom is -0.334 e. The van der Waals surface area contributed by atoms with Crippen molar-refractivity contribution in [3.05, 3.63) is 59.5 Å². The Hall–Kier alpha value is -2.69. The minimum atomic E-state index is 0.0471. The Kier molecular flexibility index (Phi) is 4.22. The van der Waals surface area contributed by atoms with Gasteiger partial charge in [0.05, 0.1) is 5.52 Å². The first kappa shape index (κ1) is 15.8. The van der Waals surface area contributed by atoms with E-state index in [1.54, 1.807) is 0 Å². The van der Waals surface area contributed by atoms with E-state index in [9.17, 15) is 4.79 Å². The van der Waals surface area contributed by atoms with E-state index in [1.165, 1.54) is 5.56 Å². The number of aryl methyl sites for hydroxylation is 2. The molecule has 3 aromatic rings. The normalized spacial score (nSPS) is 17.3. The van der Waals surface area contributed by atoms with E-state index in [2.05, 4.69) is 27.3 Å². The van der Waals surface area contributed by atoms with Gasteiger partial charge in [-0.1, -0.05) is 18.2 Å². The van der Waals surface area contributed by atoms with Crippen molar-refractivity contribution in [3.63, 3.8) is 0 Å². The van der Waals surface area contributed by atoms with Crippen molar-refractivity contribution >= 4 is 16.8 Å². The number of carbonyl (C=O) groups is 1. The van der Waals surface area contributed by atoms with Crippen LogP contribution >= 0.6 is 0 Å². The highest BCUT2D eigenvalue weighted by molar-refractivity contribution is 6.04. The quantitative estimate of drug-likeness (QED) is 0.794. The maximum atomic E-state index is 13.0. The summed E-state index contributed by atoms with van der Waals surface area (Å²) >= 11 is 0. The number of carbonyl (C=O) groups excluding carboxylic acids is 1.